The minimum absolute atomic E-state index is 0.0427. The molecular weight excluding hydrogens is 328 g/mol. The van der Waals surface area contributed by atoms with Gasteiger partial charge in [-0.25, -0.2) is 0 Å². The number of aromatic nitrogens is 1. The highest BCUT2D eigenvalue weighted by atomic mass is 16.5. The van der Waals surface area contributed by atoms with Crippen molar-refractivity contribution in [1.29, 1.82) is 0 Å². The third-order valence-corrected chi connectivity index (χ3v) is 4.30. The Morgan fingerprint density at radius 2 is 2.00 bits per heavy atom. The minimum Gasteiger partial charge on any atom is -0.492 e. The highest BCUT2D eigenvalue weighted by Crippen LogP contribution is 2.25. The number of rotatable bonds is 8. The largest absolute Gasteiger partial charge is 0.492 e. The fourth-order valence-electron chi connectivity index (χ4n) is 2.99. The molecule has 0 amide bonds. The molecule has 0 radical (unpaired) electrons. The number of ether oxygens (including phenoxy) is 1. The van der Waals surface area contributed by atoms with Crippen LogP contribution in [0, 0.1) is 0 Å². The van der Waals surface area contributed by atoms with Gasteiger partial charge in [0.05, 0.1) is 18.8 Å². The maximum absolute atomic E-state index is 9.46. The number of furan rings is 1. The fraction of sp³-hybridized carbons (Fsp3) is 0.381. The zero-order chi connectivity index (χ0) is 18.5. The molecule has 0 aliphatic rings. The van der Waals surface area contributed by atoms with Crippen LogP contribution in [0.4, 0.5) is 0 Å². The van der Waals surface area contributed by atoms with Crippen LogP contribution in [0.2, 0.25) is 0 Å². The van der Waals surface area contributed by atoms with Gasteiger partial charge in [-0.3, -0.25) is 10.3 Å². The van der Waals surface area contributed by atoms with E-state index in [1.807, 2.05) is 32.0 Å². The third kappa shape index (κ3) is 4.62. The summed E-state index contributed by atoms with van der Waals surface area (Å²) >= 11 is 0. The van der Waals surface area contributed by atoms with E-state index in [0.717, 1.165) is 41.0 Å². The van der Waals surface area contributed by atoms with Crippen LogP contribution in [0.15, 0.2) is 47.0 Å². The predicted molar refractivity (Wildman–Crippen MR) is 102 cm³/mol. The quantitative estimate of drug-likeness (QED) is 0.599. The molecule has 0 aliphatic carbocycles. The number of aryl methyl sites for hydroxylation is 2. The zero-order valence-corrected chi connectivity index (χ0v) is 15.5. The number of pyridine rings is 1. The SMILES string of the molecule is CCOc1ccc(CCc2ccc3cc(C(C)NC(C)O)oc3c2)nc1. The molecule has 0 spiro atoms. The maximum atomic E-state index is 9.46. The second kappa shape index (κ2) is 8.34. The Kier molecular flexibility index (Phi) is 5.91. The first kappa shape index (κ1) is 18.4. The van der Waals surface area contributed by atoms with Crippen molar-refractivity contribution in [2.45, 2.75) is 45.9 Å². The molecule has 5 heteroatoms. The van der Waals surface area contributed by atoms with Gasteiger partial charge in [0, 0.05) is 11.1 Å². The first-order valence-electron chi connectivity index (χ1n) is 9.09. The molecular formula is C21H26N2O3. The number of fused-ring (bicyclic) bond motifs is 1. The number of hydrogen-bond acceptors (Lipinski definition) is 5. The van der Waals surface area contributed by atoms with Gasteiger partial charge in [-0.2, -0.15) is 0 Å². The summed E-state index contributed by atoms with van der Waals surface area (Å²) in [4.78, 5) is 4.45. The molecule has 0 saturated heterocycles. The van der Waals surface area contributed by atoms with Gasteiger partial charge in [0.15, 0.2) is 0 Å². The standard InChI is InChI=1S/C21H26N2O3/c1-4-25-19-10-9-18(22-13-19)8-6-16-5-7-17-12-20(26-21(17)11-16)14(2)23-15(3)24/h5,7,9-15,23-24H,4,6,8H2,1-3H3. The molecule has 0 saturated carbocycles. The Morgan fingerprint density at radius 1 is 1.15 bits per heavy atom. The summed E-state index contributed by atoms with van der Waals surface area (Å²) < 4.78 is 11.4. The molecule has 2 heterocycles. The highest BCUT2D eigenvalue weighted by Gasteiger charge is 2.13. The van der Waals surface area contributed by atoms with Crippen molar-refractivity contribution in [1.82, 2.24) is 10.3 Å². The lowest BCUT2D eigenvalue weighted by Gasteiger charge is -2.13. The van der Waals surface area contributed by atoms with E-state index in [2.05, 4.69) is 28.5 Å². The molecule has 3 aromatic rings. The Bertz CT molecular complexity index is 840. The number of hydrogen-bond donors (Lipinski definition) is 2. The van der Waals surface area contributed by atoms with Crippen molar-refractivity contribution < 1.29 is 14.3 Å². The van der Waals surface area contributed by atoms with E-state index >= 15 is 0 Å². The van der Waals surface area contributed by atoms with Crippen molar-refractivity contribution in [2.24, 2.45) is 0 Å². The summed E-state index contributed by atoms with van der Waals surface area (Å²) in [7, 11) is 0. The molecule has 0 aliphatic heterocycles. The Morgan fingerprint density at radius 3 is 2.69 bits per heavy atom. The average molecular weight is 354 g/mol. The van der Waals surface area contributed by atoms with Crippen molar-refractivity contribution in [2.75, 3.05) is 6.61 Å². The van der Waals surface area contributed by atoms with Crippen LogP contribution in [0.1, 0.15) is 43.8 Å². The lowest BCUT2D eigenvalue weighted by Crippen LogP contribution is -2.27. The number of benzene rings is 1. The van der Waals surface area contributed by atoms with E-state index in [1.165, 1.54) is 5.56 Å². The normalized spacial score (nSPS) is 13.7. The molecule has 2 N–H and O–H groups in total. The van der Waals surface area contributed by atoms with Crippen LogP contribution in [0.5, 0.6) is 5.75 Å². The maximum Gasteiger partial charge on any atom is 0.137 e. The summed E-state index contributed by atoms with van der Waals surface area (Å²) in [5, 5.41) is 13.6. The van der Waals surface area contributed by atoms with E-state index in [-0.39, 0.29) is 6.04 Å². The van der Waals surface area contributed by atoms with Gasteiger partial charge in [0.25, 0.3) is 0 Å². The van der Waals surface area contributed by atoms with Gasteiger partial charge in [-0.15, -0.1) is 0 Å². The van der Waals surface area contributed by atoms with Crippen LogP contribution in [0.25, 0.3) is 11.0 Å². The van der Waals surface area contributed by atoms with Crippen LogP contribution < -0.4 is 10.1 Å². The Labute approximate surface area is 154 Å². The minimum atomic E-state index is -0.574. The Balaban J connectivity index is 1.66. The van der Waals surface area contributed by atoms with Crippen LogP contribution in [-0.4, -0.2) is 22.9 Å². The van der Waals surface area contributed by atoms with Gasteiger partial charge < -0.3 is 14.3 Å². The molecule has 0 fully saturated rings. The fourth-order valence-corrected chi connectivity index (χ4v) is 2.99. The second-order valence-corrected chi connectivity index (χ2v) is 6.50. The van der Waals surface area contributed by atoms with Gasteiger partial charge in [-0.05, 0) is 63.4 Å². The van der Waals surface area contributed by atoms with Gasteiger partial charge in [0.2, 0.25) is 0 Å². The molecule has 1 aromatic carbocycles. The van der Waals surface area contributed by atoms with E-state index < -0.39 is 6.23 Å². The summed E-state index contributed by atoms with van der Waals surface area (Å²) in [6.07, 6.45) is 2.97. The number of aliphatic hydroxyl groups is 1. The first-order valence-corrected chi connectivity index (χ1v) is 9.09. The van der Waals surface area contributed by atoms with Gasteiger partial charge in [0.1, 0.15) is 23.3 Å². The molecule has 26 heavy (non-hydrogen) atoms. The zero-order valence-electron chi connectivity index (χ0n) is 15.5. The molecule has 2 aromatic heterocycles. The monoisotopic (exact) mass is 354 g/mol. The number of aliphatic hydroxyl groups excluding tert-OH is 1. The van der Waals surface area contributed by atoms with Crippen LogP contribution in [-0.2, 0) is 12.8 Å². The van der Waals surface area contributed by atoms with E-state index in [4.69, 9.17) is 9.15 Å². The van der Waals surface area contributed by atoms with Crippen LogP contribution in [0.3, 0.4) is 0 Å². The summed E-state index contributed by atoms with van der Waals surface area (Å²) in [5.74, 6) is 1.63. The lowest BCUT2D eigenvalue weighted by atomic mass is 10.1. The van der Waals surface area contributed by atoms with E-state index in [0.29, 0.717) is 6.61 Å². The number of nitrogens with zero attached hydrogens (tertiary/aromatic N) is 1. The van der Waals surface area contributed by atoms with E-state index in [1.54, 1.807) is 13.1 Å². The predicted octanol–water partition coefficient (Wildman–Crippen LogP) is 4.00. The molecule has 0 bridgehead atoms. The Hall–Kier alpha value is -2.37. The molecule has 3 rings (SSSR count). The summed E-state index contributed by atoms with van der Waals surface area (Å²) in [6.45, 7) is 6.29. The van der Waals surface area contributed by atoms with Crippen molar-refractivity contribution in [3.05, 3.63) is 59.6 Å². The average Bonchev–Trinajstić information content (AvgIpc) is 3.04. The third-order valence-electron chi connectivity index (χ3n) is 4.30. The number of nitrogens with one attached hydrogen (secondary N) is 1. The topological polar surface area (TPSA) is 67.5 Å². The lowest BCUT2D eigenvalue weighted by molar-refractivity contribution is 0.139. The van der Waals surface area contributed by atoms with Crippen LogP contribution >= 0.6 is 0 Å². The molecule has 2 unspecified atom stereocenters. The highest BCUT2D eigenvalue weighted by molar-refractivity contribution is 5.78. The second-order valence-electron chi connectivity index (χ2n) is 6.50. The van der Waals surface area contributed by atoms with Gasteiger partial charge >= 0.3 is 0 Å². The first-order chi connectivity index (χ1) is 12.5. The van der Waals surface area contributed by atoms with E-state index in [9.17, 15) is 5.11 Å². The van der Waals surface area contributed by atoms with Gasteiger partial charge in [-0.1, -0.05) is 12.1 Å². The molecule has 5 nitrogen and oxygen atoms in total. The van der Waals surface area contributed by atoms with Crippen molar-refractivity contribution >= 4 is 11.0 Å². The summed E-state index contributed by atoms with van der Waals surface area (Å²) in [5.41, 5.74) is 3.13. The molecule has 138 valence electrons. The molecule has 2 atom stereocenters. The summed E-state index contributed by atoms with van der Waals surface area (Å²) in [6, 6.07) is 12.2. The van der Waals surface area contributed by atoms with Crippen molar-refractivity contribution in [3.8, 4) is 5.75 Å². The smallest absolute Gasteiger partial charge is 0.137 e. The van der Waals surface area contributed by atoms with Crippen molar-refractivity contribution in [3.63, 3.8) is 0 Å².